The molecule has 0 aliphatic heterocycles. The van der Waals surface area contributed by atoms with Gasteiger partial charge in [-0.15, -0.1) is 10.2 Å². The zero-order valence-corrected chi connectivity index (χ0v) is 22.7. The minimum Gasteiger partial charge on any atom is -0.317 e. The van der Waals surface area contributed by atoms with Crippen LogP contribution in [0.4, 0.5) is 4.39 Å². The Labute approximate surface area is 232 Å². The Kier molecular flexibility index (Phi) is 6.23. The van der Waals surface area contributed by atoms with Crippen LogP contribution >= 0.6 is 0 Å². The van der Waals surface area contributed by atoms with Gasteiger partial charge in [0, 0.05) is 48.6 Å². The van der Waals surface area contributed by atoms with E-state index in [-0.39, 0.29) is 5.82 Å². The Bertz CT molecular complexity index is 1700. The largest absolute Gasteiger partial charge is 0.317 e. The number of rotatable bonds is 8. The van der Waals surface area contributed by atoms with E-state index in [0.717, 1.165) is 64.5 Å². The van der Waals surface area contributed by atoms with Gasteiger partial charge in [0.25, 0.3) is 0 Å². The maximum absolute atomic E-state index is 14.4. The summed E-state index contributed by atoms with van der Waals surface area (Å²) < 4.78 is 18.0. The minimum atomic E-state index is -0.317. The van der Waals surface area contributed by atoms with Gasteiger partial charge < -0.3 is 9.88 Å². The summed E-state index contributed by atoms with van der Waals surface area (Å²) in [5, 5.41) is 16.6. The highest BCUT2D eigenvalue weighted by molar-refractivity contribution is 5.81. The van der Waals surface area contributed by atoms with Crippen LogP contribution in [0.25, 0.3) is 39.6 Å². The van der Waals surface area contributed by atoms with Crippen LogP contribution in [-0.2, 0) is 13.6 Å². The molecule has 8 nitrogen and oxygen atoms in total. The van der Waals surface area contributed by atoms with Crippen molar-refractivity contribution < 1.29 is 4.39 Å². The van der Waals surface area contributed by atoms with Crippen LogP contribution in [0, 0.1) is 12.7 Å². The standard InChI is InChI=1S/C31H31FN8/c1-19-6-10-25(16-33-24-4-3-5-24)36-30(19)22-15-35-40(17-22)29-13-21(12-28(37-29)20-7-8-20)26-11-9-23(32)14-27(26)31-38-34-18-39(31)2/h6,9-15,17-18,20,24,33H,3-5,7-8,16H2,1-2H3. The lowest BCUT2D eigenvalue weighted by molar-refractivity contribution is 0.337. The van der Waals surface area contributed by atoms with Crippen molar-refractivity contribution in [3.63, 3.8) is 0 Å². The maximum Gasteiger partial charge on any atom is 0.164 e. The highest BCUT2D eigenvalue weighted by Gasteiger charge is 2.27. The van der Waals surface area contributed by atoms with Gasteiger partial charge in [-0.05, 0) is 79.6 Å². The first-order valence-corrected chi connectivity index (χ1v) is 13.9. The smallest absolute Gasteiger partial charge is 0.164 e. The topological polar surface area (TPSA) is 86.3 Å². The van der Waals surface area contributed by atoms with E-state index in [9.17, 15) is 4.39 Å². The number of pyridine rings is 2. The molecular weight excluding hydrogens is 503 g/mol. The molecule has 4 heterocycles. The lowest BCUT2D eigenvalue weighted by Crippen LogP contribution is -2.34. The Balaban J connectivity index is 1.26. The van der Waals surface area contributed by atoms with Gasteiger partial charge in [-0.1, -0.05) is 18.6 Å². The van der Waals surface area contributed by atoms with E-state index in [0.29, 0.717) is 23.3 Å². The Morgan fingerprint density at radius 1 is 0.975 bits per heavy atom. The van der Waals surface area contributed by atoms with Gasteiger partial charge in [0.15, 0.2) is 11.6 Å². The van der Waals surface area contributed by atoms with Gasteiger partial charge in [-0.3, -0.25) is 4.98 Å². The predicted molar refractivity (Wildman–Crippen MR) is 151 cm³/mol. The average Bonchev–Trinajstić information content (AvgIpc) is 3.51. The molecule has 1 N–H and O–H groups in total. The number of aromatic nitrogens is 7. The van der Waals surface area contributed by atoms with Gasteiger partial charge in [0.1, 0.15) is 12.1 Å². The van der Waals surface area contributed by atoms with Crippen molar-refractivity contribution in [2.45, 2.75) is 57.5 Å². The molecule has 40 heavy (non-hydrogen) atoms. The normalized spacial score (nSPS) is 15.4. The van der Waals surface area contributed by atoms with Gasteiger partial charge in [0.2, 0.25) is 0 Å². The number of hydrogen-bond acceptors (Lipinski definition) is 6. The van der Waals surface area contributed by atoms with E-state index < -0.39 is 0 Å². The van der Waals surface area contributed by atoms with Crippen LogP contribution in [0.1, 0.15) is 55.0 Å². The second-order valence-electron chi connectivity index (χ2n) is 11.0. The van der Waals surface area contributed by atoms with Gasteiger partial charge in [0.05, 0.1) is 17.6 Å². The predicted octanol–water partition coefficient (Wildman–Crippen LogP) is 5.76. The molecule has 0 bridgehead atoms. The van der Waals surface area contributed by atoms with Crippen molar-refractivity contribution in [3.8, 4) is 39.6 Å². The minimum absolute atomic E-state index is 0.317. The maximum atomic E-state index is 14.4. The molecule has 0 saturated heterocycles. The van der Waals surface area contributed by atoms with E-state index in [1.165, 1.54) is 31.4 Å². The molecule has 202 valence electrons. The summed E-state index contributed by atoms with van der Waals surface area (Å²) in [6.45, 7) is 2.85. The first-order valence-electron chi connectivity index (χ1n) is 13.9. The SMILES string of the molecule is Cc1ccc(CNC2CCC2)nc1-c1cnn(-c2cc(-c3ccc(F)cc3-c3nncn3C)cc(C3CC3)n2)c1. The molecule has 9 heteroatoms. The Morgan fingerprint density at radius 3 is 2.60 bits per heavy atom. The number of benzene rings is 1. The molecule has 0 amide bonds. The molecule has 5 aromatic rings. The number of halogens is 1. The number of nitrogens with zero attached hydrogens (tertiary/aromatic N) is 7. The molecule has 7 rings (SSSR count). The van der Waals surface area contributed by atoms with E-state index in [2.05, 4.69) is 40.6 Å². The van der Waals surface area contributed by atoms with Crippen molar-refractivity contribution in [1.29, 1.82) is 0 Å². The summed E-state index contributed by atoms with van der Waals surface area (Å²) in [5.74, 6) is 1.44. The Morgan fingerprint density at radius 2 is 1.85 bits per heavy atom. The second kappa shape index (κ2) is 10.1. The molecule has 2 saturated carbocycles. The molecule has 0 radical (unpaired) electrons. The summed E-state index contributed by atoms with van der Waals surface area (Å²) in [7, 11) is 1.86. The quantitative estimate of drug-likeness (QED) is 0.272. The van der Waals surface area contributed by atoms with Crippen LogP contribution in [0.3, 0.4) is 0 Å². The number of nitrogens with one attached hydrogen (secondary N) is 1. The first-order chi connectivity index (χ1) is 19.5. The zero-order chi connectivity index (χ0) is 27.2. The summed E-state index contributed by atoms with van der Waals surface area (Å²) in [4.78, 5) is 9.96. The van der Waals surface area contributed by atoms with Gasteiger partial charge >= 0.3 is 0 Å². The molecule has 2 aliphatic rings. The fourth-order valence-electron chi connectivity index (χ4n) is 5.27. The van der Waals surface area contributed by atoms with E-state index in [1.807, 2.05) is 30.2 Å². The van der Waals surface area contributed by atoms with Crippen LogP contribution < -0.4 is 5.32 Å². The molecule has 1 aromatic carbocycles. The van der Waals surface area contributed by atoms with Crippen LogP contribution in [-0.4, -0.2) is 40.6 Å². The zero-order valence-electron chi connectivity index (χ0n) is 22.7. The van der Waals surface area contributed by atoms with Crippen molar-refractivity contribution in [1.82, 2.24) is 39.8 Å². The summed E-state index contributed by atoms with van der Waals surface area (Å²) in [5.41, 5.74) is 7.55. The monoisotopic (exact) mass is 534 g/mol. The average molecular weight is 535 g/mol. The van der Waals surface area contributed by atoms with E-state index >= 15 is 0 Å². The molecule has 4 aromatic heterocycles. The van der Waals surface area contributed by atoms with Gasteiger partial charge in [-0.2, -0.15) is 5.10 Å². The van der Waals surface area contributed by atoms with Gasteiger partial charge in [-0.25, -0.2) is 14.1 Å². The van der Waals surface area contributed by atoms with Crippen molar-refractivity contribution in [3.05, 3.63) is 84.0 Å². The third kappa shape index (κ3) is 4.81. The molecule has 0 spiro atoms. The fourth-order valence-corrected chi connectivity index (χ4v) is 5.27. The number of hydrogen-bond donors (Lipinski definition) is 1. The van der Waals surface area contributed by atoms with Crippen LogP contribution in [0.15, 0.2) is 61.2 Å². The van der Waals surface area contributed by atoms with E-state index in [4.69, 9.17) is 15.1 Å². The summed E-state index contributed by atoms with van der Waals surface area (Å²) in [6, 6.07) is 13.8. The van der Waals surface area contributed by atoms with Crippen LogP contribution in [0.5, 0.6) is 0 Å². The summed E-state index contributed by atoms with van der Waals surface area (Å²) >= 11 is 0. The molecule has 0 atom stereocenters. The molecule has 2 fully saturated rings. The van der Waals surface area contributed by atoms with E-state index in [1.54, 1.807) is 17.0 Å². The first kappa shape index (κ1) is 24.8. The molecule has 2 aliphatic carbocycles. The Hall–Kier alpha value is -4.24. The number of aryl methyl sites for hydroxylation is 2. The molecule has 0 unspecified atom stereocenters. The summed E-state index contributed by atoms with van der Waals surface area (Å²) in [6.07, 6.45) is 11.5. The highest BCUT2D eigenvalue weighted by Crippen LogP contribution is 2.42. The molecular formula is C31H31FN8. The van der Waals surface area contributed by atoms with Crippen LogP contribution in [0.2, 0.25) is 0 Å². The third-order valence-electron chi connectivity index (χ3n) is 7.99. The lowest BCUT2D eigenvalue weighted by atomic mass is 9.93. The third-order valence-corrected chi connectivity index (χ3v) is 7.99. The second-order valence-corrected chi connectivity index (χ2v) is 11.0. The fraction of sp³-hybridized carbons (Fsp3) is 0.323. The van der Waals surface area contributed by atoms with Crippen molar-refractivity contribution in [2.24, 2.45) is 7.05 Å². The highest BCUT2D eigenvalue weighted by atomic mass is 19.1. The van der Waals surface area contributed by atoms with Crippen molar-refractivity contribution >= 4 is 0 Å². The lowest BCUT2D eigenvalue weighted by Gasteiger charge is -2.26. The van der Waals surface area contributed by atoms with Crippen molar-refractivity contribution in [2.75, 3.05) is 0 Å².